The van der Waals surface area contributed by atoms with Crippen molar-refractivity contribution in [2.75, 3.05) is 5.32 Å². The van der Waals surface area contributed by atoms with Gasteiger partial charge in [0.05, 0.1) is 0 Å². The highest BCUT2D eigenvalue weighted by Crippen LogP contribution is 2.13. The number of aryl methyl sites for hydroxylation is 1. The predicted molar refractivity (Wildman–Crippen MR) is 68.5 cm³/mol. The molecule has 1 aromatic carbocycles. The minimum atomic E-state index is -1.06. The summed E-state index contributed by atoms with van der Waals surface area (Å²) >= 11 is 0. The maximum absolute atomic E-state index is 13.0. The van der Waals surface area contributed by atoms with Gasteiger partial charge in [-0.15, -0.1) is 0 Å². The molecule has 7 heteroatoms. The SMILES string of the molecule is CCn1nc(C(=O)Nc2ccc(F)c(F)c2)ccc1=O. The Bertz CT molecular complexity index is 713. The number of nitrogens with one attached hydrogen (secondary N) is 1. The molecule has 0 unspecified atom stereocenters. The summed E-state index contributed by atoms with van der Waals surface area (Å²) in [6.45, 7) is 2.04. The van der Waals surface area contributed by atoms with Crippen molar-refractivity contribution in [2.24, 2.45) is 0 Å². The summed E-state index contributed by atoms with van der Waals surface area (Å²) in [5, 5.41) is 6.22. The van der Waals surface area contributed by atoms with Crippen LogP contribution in [0.4, 0.5) is 14.5 Å². The van der Waals surface area contributed by atoms with Crippen molar-refractivity contribution in [1.82, 2.24) is 9.78 Å². The zero-order valence-electron chi connectivity index (χ0n) is 10.6. The molecule has 0 bridgehead atoms. The van der Waals surface area contributed by atoms with Gasteiger partial charge in [0.1, 0.15) is 5.69 Å². The Hall–Kier alpha value is -2.57. The molecule has 0 radical (unpaired) electrons. The molecule has 0 aliphatic rings. The zero-order chi connectivity index (χ0) is 14.7. The summed E-state index contributed by atoms with van der Waals surface area (Å²) in [5.41, 5.74) is -0.210. The number of halogens is 2. The highest BCUT2D eigenvalue weighted by atomic mass is 19.2. The van der Waals surface area contributed by atoms with Crippen molar-refractivity contribution in [3.8, 4) is 0 Å². The maximum atomic E-state index is 13.0. The maximum Gasteiger partial charge on any atom is 0.276 e. The van der Waals surface area contributed by atoms with Crippen LogP contribution >= 0.6 is 0 Å². The number of benzene rings is 1. The number of hydrogen-bond donors (Lipinski definition) is 1. The summed E-state index contributed by atoms with van der Waals surface area (Å²) in [7, 11) is 0. The number of rotatable bonds is 3. The lowest BCUT2D eigenvalue weighted by atomic mass is 10.3. The fourth-order valence-electron chi connectivity index (χ4n) is 1.57. The van der Waals surface area contributed by atoms with E-state index >= 15 is 0 Å². The molecule has 1 heterocycles. The molecule has 1 N–H and O–H groups in total. The largest absolute Gasteiger partial charge is 0.320 e. The third-order valence-electron chi connectivity index (χ3n) is 2.58. The van der Waals surface area contributed by atoms with Crippen LogP contribution in [0.25, 0.3) is 0 Å². The second-order valence-corrected chi connectivity index (χ2v) is 3.96. The molecule has 0 saturated heterocycles. The van der Waals surface area contributed by atoms with Gasteiger partial charge < -0.3 is 5.32 Å². The molecule has 0 saturated carbocycles. The van der Waals surface area contributed by atoms with Gasteiger partial charge in [-0.1, -0.05) is 0 Å². The van der Waals surface area contributed by atoms with Gasteiger partial charge in [0.25, 0.3) is 11.5 Å². The van der Waals surface area contributed by atoms with E-state index in [0.717, 1.165) is 16.8 Å². The van der Waals surface area contributed by atoms with Crippen molar-refractivity contribution < 1.29 is 13.6 Å². The van der Waals surface area contributed by atoms with Crippen molar-refractivity contribution in [1.29, 1.82) is 0 Å². The Labute approximate surface area is 112 Å². The van der Waals surface area contributed by atoms with E-state index in [-0.39, 0.29) is 16.9 Å². The molecular formula is C13H11F2N3O2. The van der Waals surface area contributed by atoms with E-state index in [1.54, 1.807) is 6.92 Å². The number of anilines is 1. The number of nitrogens with zero attached hydrogens (tertiary/aromatic N) is 2. The molecule has 2 aromatic rings. The number of carbonyl (C=O) groups is 1. The molecule has 104 valence electrons. The lowest BCUT2D eigenvalue weighted by Crippen LogP contribution is -2.25. The van der Waals surface area contributed by atoms with E-state index in [1.807, 2.05) is 0 Å². The van der Waals surface area contributed by atoms with Crippen LogP contribution in [0, 0.1) is 11.6 Å². The van der Waals surface area contributed by atoms with E-state index in [2.05, 4.69) is 10.4 Å². The first-order chi connectivity index (χ1) is 9.51. The smallest absolute Gasteiger partial charge is 0.276 e. The van der Waals surface area contributed by atoms with Crippen LogP contribution in [0.1, 0.15) is 17.4 Å². The summed E-state index contributed by atoms with van der Waals surface area (Å²) in [5.74, 6) is -2.67. The number of hydrogen-bond acceptors (Lipinski definition) is 3. The Balaban J connectivity index is 2.23. The molecule has 5 nitrogen and oxygen atoms in total. The average Bonchev–Trinajstić information content (AvgIpc) is 2.43. The Kier molecular flexibility index (Phi) is 3.88. The van der Waals surface area contributed by atoms with Crippen LogP contribution in [-0.4, -0.2) is 15.7 Å². The van der Waals surface area contributed by atoms with Crippen LogP contribution in [0.5, 0.6) is 0 Å². The average molecular weight is 279 g/mol. The minimum absolute atomic E-state index is 0.0104. The number of aromatic nitrogens is 2. The second kappa shape index (κ2) is 5.60. The fraction of sp³-hybridized carbons (Fsp3) is 0.154. The summed E-state index contributed by atoms with van der Waals surface area (Å²) in [4.78, 5) is 23.2. The first-order valence-electron chi connectivity index (χ1n) is 5.86. The predicted octanol–water partition coefficient (Wildman–Crippen LogP) is 1.79. The molecule has 0 aliphatic carbocycles. The van der Waals surface area contributed by atoms with Gasteiger partial charge in [0.15, 0.2) is 11.6 Å². The lowest BCUT2D eigenvalue weighted by Gasteiger charge is -2.06. The molecular weight excluding hydrogens is 268 g/mol. The summed E-state index contributed by atoms with van der Waals surface area (Å²) in [6, 6.07) is 5.49. The van der Waals surface area contributed by atoms with Crippen molar-refractivity contribution in [3.63, 3.8) is 0 Å². The van der Waals surface area contributed by atoms with E-state index in [1.165, 1.54) is 18.2 Å². The van der Waals surface area contributed by atoms with Crippen LogP contribution in [0.3, 0.4) is 0 Å². The van der Waals surface area contributed by atoms with Gasteiger partial charge in [0.2, 0.25) is 0 Å². The van der Waals surface area contributed by atoms with Crippen LogP contribution in [0.2, 0.25) is 0 Å². The molecule has 0 aliphatic heterocycles. The van der Waals surface area contributed by atoms with Crippen LogP contribution in [-0.2, 0) is 6.54 Å². The molecule has 20 heavy (non-hydrogen) atoms. The van der Waals surface area contributed by atoms with Crippen molar-refractivity contribution >= 4 is 11.6 Å². The van der Waals surface area contributed by atoms with Gasteiger partial charge in [0, 0.05) is 24.4 Å². The molecule has 0 atom stereocenters. The van der Waals surface area contributed by atoms with Gasteiger partial charge in [-0.25, -0.2) is 13.5 Å². The molecule has 0 spiro atoms. The molecule has 1 aromatic heterocycles. The van der Waals surface area contributed by atoms with E-state index in [0.29, 0.717) is 6.54 Å². The third-order valence-corrected chi connectivity index (χ3v) is 2.58. The van der Waals surface area contributed by atoms with E-state index in [4.69, 9.17) is 0 Å². The summed E-state index contributed by atoms with van der Waals surface area (Å²) < 4.78 is 26.9. The van der Waals surface area contributed by atoms with Gasteiger partial charge in [-0.05, 0) is 25.1 Å². The molecule has 0 fully saturated rings. The first-order valence-corrected chi connectivity index (χ1v) is 5.86. The molecule has 1 amide bonds. The highest BCUT2D eigenvalue weighted by molar-refractivity contribution is 6.02. The van der Waals surface area contributed by atoms with Crippen molar-refractivity contribution in [3.05, 3.63) is 58.0 Å². The van der Waals surface area contributed by atoms with Gasteiger partial charge in [-0.2, -0.15) is 5.10 Å². The monoisotopic (exact) mass is 279 g/mol. The summed E-state index contributed by atoms with van der Waals surface area (Å²) in [6.07, 6.45) is 0. The Morgan fingerprint density at radius 2 is 2.00 bits per heavy atom. The van der Waals surface area contributed by atoms with Gasteiger partial charge >= 0.3 is 0 Å². The fourth-order valence-corrected chi connectivity index (χ4v) is 1.57. The third kappa shape index (κ3) is 2.87. The normalized spacial score (nSPS) is 10.3. The molecule has 2 rings (SSSR count). The Morgan fingerprint density at radius 1 is 1.25 bits per heavy atom. The first kappa shape index (κ1) is 13.9. The minimum Gasteiger partial charge on any atom is -0.320 e. The standard InChI is InChI=1S/C13H11F2N3O2/c1-2-18-12(19)6-5-11(17-18)13(20)16-8-3-4-9(14)10(15)7-8/h3-7H,2H2,1H3,(H,16,20). The van der Waals surface area contributed by atoms with E-state index < -0.39 is 17.5 Å². The highest BCUT2D eigenvalue weighted by Gasteiger charge is 2.11. The van der Waals surface area contributed by atoms with Gasteiger partial charge in [-0.3, -0.25) is 9.59 Å². The van der Waals surface area contributed by atoms with Crippen molar-refractivity contribution in [2.45, 2.75) is 13.5 Å². The quantitative estimate of drug-likeness (QED) is 0.931. The second-order valence-electron chi connectivity index (χ2n) is 3.96. The van der Waals surface area contributed by atoms with Crippen LogP contribution < -0.4 is 10.9 Å². The zero-order valence-corrected chi connectivity index (χ0v) is 10.6. The van der Waals surface area contributed by atoms with E-state index in [9.17, 15) is 18.4 Å². The number of amides is 1. The Morgan fingerprint density at radius 3 is 2.65 bits per heavy atom. The topological polar surface area (TPSA) is 64.0 Å². The lowest BCUT2D eigenvalue weighted by molar-refractivity contribution is 0.102. The number of carbonyl (C=O) groups excluding carboxylic acids is 1. The van der Waals surface area contributed by atoms with Crippen LogP contribution in [0.15, 0.2) is 35.1 Å².